The summed E-state index contributed by atoms with van der Waals surface area (Å²) in [6, 6.07) is 13.9. The molecule has 0 heterocycles. The van der Waals surface area contributed by atoms with E-state index in [0.29, 0.717) is 17.4 Å². The molecule has 0 amide bonds. The van der Waals surface area contributed by atoms with Gasteiger partial charge in [-0.3, -0.25) is 4.79 Å². The minimum absolute atomic E-state index is 0.208. The largest absolute Gasteiger partial charge is 0.294 e. The van der Waals surface area contributed by atoms with E-state index in [1.54, 1.807) is 6.07 Å². The Morgan fingerprint density at radius 3 is 2.79 bits per heavy atom. The Morgan fingerprint density at radius 2 is 2.05 bits per heavy atom. The number of ketones is 1. The molecule has 0 aliphatic heterocycles. The molecule has 2 aromatic rings. The SMILES string of the molecule is Cc1cc(C(=O)CC2Cc3ccccc32)ccc1Cl. The van der Waals surface area contributed by atoms with Gasteiger partial charge in [-0.15, -0.1) is 0 Å². The molecule has 1 aliphatic rings. The number of aryl methyl sites for hydroxylation is 1. The van der Waals surface area contributed by atoms with E-state index in [-0.39, 0.29) is 5.78 Å². The molecule has 1 aliphatic carbocycles. The fourth-order valence-electron chi connectivity index (χ4n) is 2.70. The Labute approximate surface area is 118 Å². The standard InChI is InChI=1S/C17H15ClO/c1-11-8-13(6-7-16(11)18)17(19)10-14-9-12-4-2-3-5-15(12)14/h2-8,14H,9-10H2,1H3. The van der Waals surface area contributed by atoms with Gasteiger partial charge in [0.15, 0.2) is 5.78 Å². The number of fused-ring (bicyclic) bond motifs is 1. The second kappa shape index (κ2) is 4.82. The summed E-state index contributed by atoms with van der Waals surface area (Å²) in [5.41, 5.74) is 4.45. The predicted molar refractivity (Wildman–Crippen MR) is 78.0 cm³/mol. The summed E-state index contributed by atoms with van der Waals surface area (Å²) < 4.78 is 0. The van der Waals surface area contributed by atoms with Crippen LogP contribution in [0.4, 0.5) is 0 Å². The topological polar surface area (TPSA) is 17.1 Å². The smallest absolute Gasteiger partial charge is 0.163 e. The van der Waals surface area contributed by atoms with Gasteiger partial charge in [0.25, 0.3) is 0 Å². The van der Waals surface area contributed by atoms with Crippen LogP contribution in [-0.2, 0) is 6.42 Å². The van der Waals surface area contributed by atoms with Crippen molar-refractivity contribution < 1.29 is 4.79 Å². The van der Waals surface area contributed by atoms with Crippen LogP contribution in [0.5, 0.6) is 0 Å². The lowest BCUT2D eigenvalue weighted by Crippen LogP contribution is -2.20. The summed E-state index contributed by atoms with van der Waals surface area (Å²) in [6.07, 6.45) is 1.62. The Kier molecular flexibility index (Phi) is 3.16. The molecule has 0 N–H and O–H groups in total. The van der Waals surface area contributed by atoms with Crippen molar-refractivity contribution in [3.8, 4) is 0 Å². The predicted octanol–water partition coefficient (Wildman–Crippen LogP) is 4.56. The zero-order valence-corrected chi connectivity index (χ0v) is 11.6. The Morgan fingerprint density at radius 1 is 1.26 bits per heavy atom. The highest BCUT2D eigenvalue weighted by molar-refractivity contribution is 6.31. The van der Waals surface area contributed by atoms with E-state index in [1.165, 1.54) is 11.1 Å². The van der Waals surface area contributed by atoms with Crippen LogP contribution in [0.1, 0.15) is 39.4 Å². The molecule has 0 fully saturated rings. The lowest BCUT2D eigenvalue weighted by molar-refractivity contribution is 0.0970. The van der Waals surface area contributed by atoms with E-state index in [2.05, 4.69) is 18.2 Å². The van der Waals surface area contributed by atoms with Crippen molar-refractivity contribution >= 4 is 17.4 Å². The first-order valence-corrected chi connectivity index (χ1v) is 6.90. The van der Waals surface area contributed by atoms with E-state index < -0.39 is 0 Å². The molecule has 19 heavy (non-hydrogen) atoms. The molecule has 0 aromatic heterocycles. The molecule has 0 bridgehead atoms. The van der Waals surface area contributed by atoms with Gasteiger partial charge in [0.05, 0.1) is 0 Å². The molecule has 0 saturated carbocycles. The number of carbonyl (C=O) groups excluding carboxylic acids is 1. The summed E-state index contributed by atoms with van der Waals surface area (Å²) >= 11 is 5.99. The maximum Gasteiger partial charge on any atom is 0.163 e. The van der Waals surface area contributed by atoms with Crippen LogP contribution in [0.3, 0.4) is 0 Å². The van der Waals surface area contributed by atoms with Crippen molar-refractivity contribution in [1.29, 1.82) is 0 Å². The molecule has 0 saturated heterocycles. The monoisotopic (exact) mass is 270 g/mol. The van der Waals surface area contributed by atoms with E-state index in [0.717, 1.165) is 17.5 Å². The fourth-order valence-corrected chi connectivity index (χ4v) is 2.82. The second-order valence-electron chi connectivity index (χ2n) is 5.19. The van der Waals surface area contributed by atoms with Crippen molar-refractivity contribution in [3.63, 3.8) is 0 Å². The molecule has 1 nitrogen and oxygen atoms in total. The molecule has 2 aromatic carbocycles. The van der Waals surface area contributed by atoms with Crippen LogP contribution in [0, 0.1) is 6.92 Å². The number of halogens is 1. The normalized spacial score (nSPS) is 16.6. The lowest BCUT2D eigenvalue weighted by atomic mass is 9.74. The number of hydrogen-bond donors (Lipinski definition) is 0. The maximum atomic E-state index is 12.3. The highest BCUT2D eigenvalue weighted by Gasteiger charge is 2.27. The highest BCUT2D eigenvalue weighted by Crippen LogP contribution is 2.38. The van der Waals surface area contributed by atoms with Crippen molar-refractivity contribution in [2.45, 2.75) is 25.7 Å². The number of rotatable bonds is 3. The average Bonchev–Trinajstić information content (AvgIpc) is 2.39. The van der Waals surface area contributed by atoms with Gasteiger partial charge in [0.2, 0.25) is 0 Å². The first-order valence-electron chi connectivity index (χ1n) is 6.52. The first kappa shape index (κ1) is 12.4. The third-order valence-electron chi connectivity index (χ3n) is 3.87. The van der Waals surface area contributed by atoms with Gasteiger partial charge < -0.3 is 0 Å². The zero-order valence-electron chi connectivity index (χ0n) is 10.8. The number of hydrogen-bond acceptors (Lipinski definition) is 1. The first-order chi connectivity index (χ1) is 9.15. The third kappa shape index (κ3) is 2.31. The van der Waals surface area contributed by atoms with E-state index in [9.17, 15) is 4.79 Å². The van der Waals surface area contributed by atoms with Gasteiger partial charge in [-0.2, -0.15) is 0 Å². The second-order valence-corrected chi connectivity index (χ2v) is 5.60. The van der Waals surface area contributed by atoms with Crippen LogP contribution >= 0.6 is 11.6 Å². The summed E-state index contributed by atoms with van der Waals surface area (Å²) in [6.45, 7) is 1.93. The molecule has 0 radical (unpaired) electrons. The van der Waals surface area contributed by atoms with Gasteiger partial charge in [-0.1, -0.05) is 35.9 Å². The van der Waals surface area contributed by atoms with E-state index in [4.69, 9.17) is 11.6 Å². The summed E-state index contributed by atoms with van der Waals surface area (Å²) in [4.78, 5) is 12.3. The minimum atomic E-state index is 0.208. The molecule has 0 spiro atoms. The maximum absolute atomic E-state index is 12.3. The molecular formula is C17H15ClO. The Bertz CT molecular complexity index is 645. The summed E-state index contributed by atoms with van der Waals surface area (Å²) in [7, 11) is 0. The van der Waals surface area contributed by atoms with Crippen molar-refractivity contribution in [2.75, 3.05) is 0 Å². The molecular weight excluding hydrogens is 256 g/mol. The average molecular weight is 271 g/mol. The third-order valence-corrected chi connectivity index (χ3v) is 4.30. The highest BCUT2D eigenvalue weighted by atomic mass is 35.5. The molecule has 1 atom stereocenters. The van der Waals surface area contributed by atoms with Crippen LogP contribution in [-0.4, -0.2) is 5.78 Å². The lowest BCUT2D eigenvalue weighted by Gasteiger charge is -2.29. The van der Waals surface area contributed by atoms with Crippen molar-refractivity contribution in [1.82, 2.24) is 0 Å². The van der Waals surface area contributed by atoms with Crippen LogP contribution < -0.4 is 0 Å². The van der Waals surface area contributed by atoms with Gasteiger partial charge >= 0.3 is 0 Å². The number of carbonyl (C=O) groups is 1. The van der Waals surface area contributed by atoms with Gasteiger partial charge in [-0.05, 0) is 54.2 Å². The summed E-state index contributed by atoms with van der Waals surface area (Å²) in [5.74, 6) is 0.596. The quantitative estimate of drug-likeness (QED) is 0.747. The van der Waals surface area contributed by atoms with Crippen molar-refractivity contribution in [2.24, 2.45) is 0 Å². The van der Waals surface area contributed by atoms with Crippen LogP contribution in [0.2, 0.25) is 5.02 Å². The van der Waals surface area contributed by atoms with Crippen LogP contribution in [0.25, 0.3) is 0 Å². The van der Waals surface area contributed by atoms with Crippen LogP contribution in [0.15, 0.2) is 42.5 Å². The van der Waals surface area contributed by atoms with Gasteiger partial charge in [0.1, 0.15) is 0 Å². The van der Waals surface area contributed by atoms with Gasteiger partial charge in [-0.25, -0.2) is 0 Å². The fraction of sp³-hybridized carbons (Fsp3) is 0.235. The number of Topliss-reactive ketones (excluding diaryl/α,β-unsaturated/α-hetero) is 1. The summed E-state index contributed by atoms with van der Waals surface area (Å²) in [5, 5.41) is 0.713. The minimum Gasteiger partial charge on any atom is -0.294 e. The molecule has 96 valence electrons. The molecule has 2 heteroatoms. The Balaban J connectivity index is 1.75. The molecule has 3 rings (SSSR count). The Hall–Kier alpha value is -1.60. The van der Waals surface area contributed by atoms with E-state index in [1.807, 2.05) is 25.1 Å². The number of benzene rings is 2. The van der Waals surface area contributed by atoms with E-state index >= 15 is 0 Å². The van der Waals surface area contributed by atoms with Gasteiger partial charge in [0, 0.05) is 17.0 Å². The molecule has 1 unspecified atom stereocenters. The van der Waals surface area contributed by atoms with Crippen molar-refractivity contribution in [3.05, 3.63) is 69.7 Å². The zero-order chi connectivity index (χ0) is 13.4.